The first kappa shape index (κ1) is 26.2. The molecule has 0 aliphatic carbocycles. The number of carbonyl (C=O) groups is 3. The summed E-state index contributed by atoms with van der Waals surface area (Å²) in [6, 6.07) is 7.42. The molecule has 7 nitrogen and oxygen atoms in total. The van der Waals surface area contributed by atoms with Crippen LogP contribution in [0.2, 0.25) is 0 Å². The van der Waals surface area contributed by atoms with Gasteiger partial charge in [0, 0.05) is 4.75 Å². The van der Waals surface area contributed by atoms with E-state index in [0.717, 1.165) is 30.6 Å². The number of aryl methyl sites for hydroxylation is 1. The van der Waals surface area contributed by atoms with Crippen LogP contribution in [0.25, 0.3) is 0 Å². The molecule has 0 bridgehead atoms. The molecule has 1 aliphatic rings. The van der Waals surface area contributed by atoms with Gasteiger partial charge in [-0.1, -0.05) is 43.7 Å². The number of esters is 1. The lowest BCUT2D eigenvalue weighted by Gasteiger charge is -2.35. The minimum absolute atomic E-state index is 0.158. The van der Waals surface area contributed by atoms with E-state index < -0.39 is 36.0 Å². The second-order valence-corrected chi connectivity index (χ2v) is 10.3. The lowest BCUT2D eigenvalue weighted by atomic mass is 9.94. The lowest BCUT2D eigenvalue weighted by molar-refractivity contribution is -0.147. The number of aliphatic carboxylic acids is 1. The number of rotatable bonds is 12. The van der Waals surface area contributed by atoms with Crippen molar-refractivity contribution >= 4 is 29.6 Å². The van der Waals surface area contributed by atoms with E-state index >= 15 is 0 Å². The molecule has 0 spiro atoms. The summed E-state index contributed by atoms with van der Waals surface area (Å²) in [6.45, 7) is 5.70. The van der Waals surface area contributed by atoms with Gasteiger partial charge >= 0.3 is 11.9 Å². The van der Waals surface area contributed by atoms with Crippen molar-refractivity contribution in [2.24, 2.45) is 0 Å². The highest BCUT2D eigenvalue weighted by Gasteiger charge is 2.35. The fourth-order valence-electron chi connectivity index (χ4n) is 3.93. The van der Waals surface area contributed by atoms with Crippen molar-refractivity contribution in [3.05, 3.63) is 35.9 Å². The Hall–Kier alpha value is -2.06. The highest BCUT2D eigenvalue weighted by Crippen LogP contribution is 2.39. The molecule has 1 saturated heterocycles. The van der Waals surface area contributed by atoms with E-state index in [1.54, 1.807) is 25.6 Å². The van der Waals surface area contributed by atoms with E-state index in [2.05, 4.69) is 17.6 Å². The van der Waals surface area contributed by atoms with Gasteiger partial charge in [-0.2, -0.15) is 11.8 Å². The first-order chi connectivity index (χ1) is 15.2. The molecule has 4 atom stereocenters. The zero-order valence-electron chi connectivity index (χ0n) is 19.3. The van der Waals surface area contributed by atoms with Crippen LogP contribution < -0.4 is 10.6 Å². The Morgan fingerprint density at radius 1 is 1.19 bits per heavy atom. The number of hydrogen-bond donors (Lipinski definition) is 3. The summed E-state index contributed by atoms with van der Waals surface area (Å²) in [5.41, 5.74) is 1.09. The molecule has 1 fully saturated rings. The summed E-state index contributed by atoms with van der Waals surface area (Å²) in [7, 11) is 0. The van der Waals surface area contributed by atoms with Crippen molar-refractivity contribution in [3.8, 4) is 0 Å². The van der Waals surface area contributed by atoms with Crippen molar-refractivity contribution in [1.29, 1.82) is 0 Å². The molecule has 0 radical (unpaired) electrons. The van der Waals surface area contributed by atoms with E-state index in [9.17, 15) is 19.5 Å². The Morgan fingerprint density at radius 3 is 2.50 bits per heavy atom. The van der Waals surface area contributed by atoms with Crippen LogP contribution in [0.1, 0.15) is 58.4 Å². The van der Waals surface area contributed by atoms with E-state index in [1.807, 2.05) is 30.3 Å². The zero-order chi connectivity index (χ0) is 23.6. The van der Waals surface area contributed by atoms with Crippen LogP contribution in [0.5, 0.6) is 0 Å². The van der Waals surface area contributed by atoms with Crippen LogP contribution in [-0.4, -0.2) is 58.2 Å². The van der Waals surface area contributed by atoms with Crippen LogP contribution in [0.15, 0.2) is 30.3 Å². The summed E-state index contributed by atoms with van der Waals surface area (Å²) >= 11 is 1.78. The Balaban J connectivity index is 1.98. The van der Waals surface area contributed by atoms with Crippen molar-refractivity contribution < 1.29 is 24.2 Å². The van der Waals surface area contributed by atoms with Crippen molar-refractivity contribution in [3.63, 3.8) is 0 Å². The summed E-state index contributed by atoms with van der Waals surface area (Å²) in [4.78, 5) is 37.1. The van der Waals surface area contributed by atoms with Gasteiger partial charge in [0.05, 0.1) is 12.6 Å². The Morgan fingerprint density at radius 2 is 1.91 bits per heavy atom. The van der Waals surface area contributed by atoms with Gasteiger partial charge < -0.3 is 15.2 Å². The lowest BCUT2D eigenvalue weighted by Crippen LogP contribution is -2.54. The highest BCUT2D eigenvalue weighted by molar-refractivity contribution is 8.00. The van der Waals surface area contributed by atoms with E-state index in [4.69, 9.17) is 4.74 Å². The maximum absolute atomic E-state index is 12.8. The standard InChI is InChI=1S/C24H36N2O5S/c1-4-31-23(30)19(13-12-18-10-6-5-7-11-18)25-17(2)21(27)26-20(22(28)29)16-24(3)14-8-9-15-32-24/h5-7,10-11,17,19-20,25H,4,8-9,12-16H2,1-3H3,(H,26,27)(H,28,29)/t17?,19-,20?,24-/m0/s1. The number of carboxylic acid groups (broad SMARTS) is 1. The van der Waals surface area contributed by atoms with Crippen LogP contribution in [0.4, 0.5) is 0 Å². The fourth-order valence-corrected chi connectivity index (χ4v) is 5.34. The Labute approximate surface area is 195 Å². The smallest absolute Gasteiger partial charge is 0.326 e. The van der Waals surface area contributed by atoms with Gasteiger partial charge in [-0.15, -0.1) is 0 Å². The summed E-state index contributed by atoms with van der Waals surface area (Å²) < 4.78 is 5.02. The molecule has 1 aromatic carbocycles. The molecule has 3 N–H and O–H groups in total. The molecular weight excluding hydrogens is 428 g/mol. The number of carbonyl (C=O) groups excluding carboxylic acids is 2. The molecule has 8 heteroatoms. The second-order valence-electron chi connectivity index (χ2n) is 8.58. The van der Waals surface area contributed by atoms with E-state index in [1.165, 1.54) is 0 Å². The van der Waals surface area contributed by atoms with Gasteiger partial charge in [-0.3, -0.25) is 14.9 Å². The maximum atomic E-state index is 12.8. The number of hydrogen-bond acceptors (Lipinski definition) is 6. The van der Waals surface area contributed by atoms with E-state index in [-0.39, 0.29) is 11.4 Å². The molecule has 2 rings (SSSR count). The van der Waals surface area contributed by atoms with Crippen molar-refractivity contribution in [1.82, 2.24) is 10.6 Å². The molecule has 0 saturated carbocycles. The topological polar surface area (TPSA) is 105 Å². The number of thioether (sulfide) groups is 1. The largest absolute Gasteiger partial charge is 0.480 e. The third-order valence-electron chi connectivity index (χ3n) is 5.78. The Kier molecular flexibility index (Phi) is 10.5. The predicted octanol–water partition coefficient (Wildman–Crippen LogP) is 3.16. The van der Waals surface area contributed by atoms with Crippen LogP contribution in [0.3, 0.4) is 0 Å². The monoisotopic (exact) mass is 464 g/mol. The Bertz CT molecular complexity index is 752. The highest BCUT2D eigenvalue weighted by atomic mass is 32.2. The summed E-state index contributed by atoms with van der Waals surface area (Å²) in [5.74, 6) is -0.874. The van der Waals surface area contributed by atoms with Crippen LogP contribution >= 0.6 is 11.8 Å². The molecule has 1 aromatic rings. The third-order valence-corrected chi connectivity index (χ3v) is 7.34. The average Bonchev–Trinajstić information content (AvgIpc) is 2.77. The normalized spacial score (nSPS) is 21.2. The average molecular weight is 465 g/mol. The first-order valence-electron chi connectivity index (χ1n) is 11.4. The van der Waals surface area contributed by atoms with Gasteiger partial charge in [0.15, 0.2) is 0 Å². The van der Waals surface area contributed by atoms with Crippen LogP contribution in [-0.2, 0) is 25.5 Å². The molecular formula is C24H36N2O5S. The SMILES string of the molecule is CCOC(=O)[C@H](CCc1ccccc1)NC(C)C(=O)NC(C[C@]1(C)CCCCS1)C(=O)O. The number of nitrogens with one attached hydrogen (secondary N) is 2. The number of ether oxygens (including phenoxy) is 1. The molecule has 0 aromatic heterocycles. The van der Waals surface area contributed by atoms with Crippen molar-refractivity contribution in [2.45, 2.75) is 82.2 Å². The molecule has 32 heavy (non-hydrogen) atoms. The van der Waals surface area contributed by atoms with Gasteiger partial charge in [-0.25, -0.2) is 4.79 Å². The van der Waals surface area contributed by atoms with Crippen LogP contribution in [0, 0.1) is 0 Å². The molecule has 1 heterocycles. The van der Waals surface area contributed by atoms with Gasteiger partial charge in [0.25, 0.3) is 0 Å². The molecule has 2 unspecified atom stereocenters. The molecule has 178 valence electrons. The third kappa shape index (κ3) is 8.47. The fraction of sp³-hybridized carbons (Fsp3) is 0.625. The molecule has 1 aliphatic heterocycles. The second kappa shape index (κ2) is 12.8. The van der Waals surface area contributed by atoms with E-state index in [0.29, 0.717) is 19.3 Å². The summed E-state index contributed by atoms with van der Waals surface area (Å²) in [6.07, 6.45) is 4.65. The predicted molar refractivity (Wildman–Crippen MR) is 127 cm³/mol. The van der Waals surface area contributed by atoms with Crippen molar-refractivity contribution in [2.75, 3.05) is 12.4 Å². The van der Waals surface area contributed by atoms with Gasteiger partial charge in [0.2, 0.25) is 5.91 Å². The minimum atomic E-state index is -1.04. The quantitative estimate of drug-likeness (QED) is 0.408. The first-order valence-corrected chi connectivity index (χ1v) is 12.4. The number of benzene rings is 1. The summed E-state index contributed by atoms with van der Waals surface area (Å²) in [5, 5.41) is 15.4. The zero-order valence-corrected chi connectivity index (χ0v) is 20.1. The molecule has 1 amide bonds. The number of amides is 1. The maximum Gasteiger partial charge on any atom is 0.326 e. The van der Waals surface area contributed by atoms with Gasteiger partial charge in [-0.05, 0) is 57.3 Å². The van der Waals surface area contributed by atoms with Gasteiger partial charge in [0.1, 0.15) is 12.1 Å². The minimum Gasteiger partial charge on any atom is -0.480 e. The number of carboxylic acids is 1.